The van der Waals surface area contributed by atoms with Crippen LogP contribution in [0.1, 0.15) is 43.6 Å². The van der Waals surface area contributed by atoms with Crippen LogP contribution >= 0.6 is 11.3 Å². The lowest BCUT2D eigenvalue weighted by atomic mass is 9.74. The normalized spacial score (nSPS) is 37.8. The van der Waals surface area contributed by atoms with E-state index in [0.717, 1.165) is 12.3 Å². The van der Waals surface area contributed by atoms with Crippen LogP contribution < -0.4 is 0 Å². The Bertz CT molecular complexity index is 395. The SMILES string of the molecule is C=C1C[C@H](c2cccs2)O[C@@H]2C[C@H](C)CC[C@@H]12. The van der Waals surface area contributed by atoms with Gasteiger partial charge in [-0.1, -0.05) is 25.1 Å². The molecule has 0 unspecified atom stereocenters. The average molecular weight is 248 g/mol. The van der Waals surface area contributed by atoms with Crippen LogP contribution in [0.25, 0.3) is 0 Å². The topological polar surface area (TPSA) is 9.23 Å². The molecule has 2 fully saturated rings. The van der Waals surface area contributed by atoms with Gasteiger partial charge < -0.3 is 4.74 Å². The fraction of sp³-hybridized carbons (Fsp3) is 0.600. The number of thiophene rings is 1. The highest BCUT2D eigenvalue weighted by atomic mass is 32.1. The van der Waals surface area contributed by atoms with Gasteiger partial charge in [-0.3, -0.25) is 0 Å². The first-order valence-electron chi connectivity index (χ1n) is 6.60. The van der Waals surface area contributed by atoms with E-state index in [9.17, 15) is 0 Å². The van der Waals surface area contributed by atoms with Gasteiger partial charge in [0.05, 0.1) is 12.2 Å². The summed E-state index contributed by atoms with van der Waals surface area (Å²) < 4.78 is 6.33. The molecule has 1 aromatic rings. The Morgan fingerprint density at radius 2 is 2.29 bits per heavy atom. The van der Waals surface area contributed by atoms with E-state index < -0.39 is 0 Å². The molecule has 1 nitrogen and oxygen atoms in total. The molecule has 2 heterocycles. The summed E-state index contributed by atoms with van der Waals surface area (Å²) in [5, 5.41) is 2.14. The predicted molar refractivity (Wildman–Crippen MR) is 72.2 cm³/mol. The van der Waals surface area contributed by atoms with Crippen molar-refractivity contribution in [3.8, 4) is 0 Å². The second-order valence-corrected chi connectivity index (χ2v) is 6.54. The molecule has 4 atom stereocenters. The summed E-state index contributed by atoms with van der Waals surface area (Å²) >= 11 is 1.81. The maximum Gasteiger partial charge on any atom is 0.0957 e. The molecule has 92 valence electrons. The number of ether oxygens (including phenoxy) is 1. The van der Waals surface area contributed by atoms with Gasteiger partial charge in [0.2, 0.25) is 0 Å². The van der Waals surface area contributed by atoms with Gasteiger partial charge in [-0.2, -0.15) is 0 Å². The Balaban J connectivity index is 1.78. The van der Waals surface area contributed by atoms with Crippen molar-refractivity contribution in [2.45, 2.75) is 44.8 Å². The molecule has 2 heteroatoms. The van der Waals surface area contributed by atoms with Crippen molar-refractivity contribution in [3.05, 3.63) is 34.5 Å². The molecule has 2 aliphatic rings. The summed E-state index contributed by atoms with van der Waals surface area (Å²) in [4.78, 5) is 1.36. The van der Waals surface area contributed by atoms with Crippen molar-refractivity contribution in [2.75, 3.05) is 0 Å². The van der Waals surface area contributed by atoms with Crippen LogP contribution in [0.2, 0.25) is 0 Å². The summed E-state index contributed by atoms with van der Waals surface area (Å²) in [6.07, 6.45) is 5.55. The zero-order valence-corrected chi connectivity index (χ0v) is 11.2. The Hall–Kier alpha value is -0.600. The highest BCUT2D eigenvalue weighted by Crippen LogP contribution is 2.45. The van der Waals surface area contributed by atoms with Crippen molar-refractivity contribution in [2.24, 2.45) is 11.8 Å². The Morgan fingerprint density at radius 1 is 1.41 bits per heavy atom. The fourth-order valence-electron chi connectivity index (χ4n) is 3.24. The lowest BCUT2D eigenvalue weighted by Crippen LogP contribution is -2.37. The van der Waals surface area contributed by atoms with E-state index in [2.05, 4.69) is 31.0 Å². The van der Waals surface area contributed by atoms with Crippen LogP contribution in [0.4, 0.5) is 0 Å². The number of hydrogen-bond acceptors (Lipinski definition) is 2. The Morgan fingerprint density at radius 3 is 3.06 bits per heavy atom. The fourth-order valence-corrected chi connectivity index (χ4v) is 4.00. The van der Waals surface area contributed by atoms with E-state index in [1.165, 1.54) is 29.7 Å². The molecule has 0 amide bonds. The highest BCUT2D eigenvalue weighted by Gasteiger charge is 2.37. The Labute approximate surface area is 107 Å². The van der Waals surface area contributed by atoms with Crippen molar-refractivity contribution in [1.82, 2.24) is 0 Å². The predicted octanol–water partition coefficient (Wildman–Crippen LogP) is 4.57. The summed E-state index contributed by atoms with van der Waals surface area (Å²) in [6.45, 7) is 6.65. The highest BCUT2D eigenvalue weighted by molar-refractivity contribution is 7.10. The van der Waals surface area contributed by atoms with Crippen molar-refractivity contribution < 1.29 is 4.74 Å². The largest absolute Gasteiger partial charge is 0.368 e. The second kappa shape index (κ2) is 4.58. The van der Waals surface area contributed by atoms with Crippen molar-refractivity contribution >= 4 is 11.3 Å². The molecular weight excluding hydrogens is 228 g/mol. The molecule has 0 aromatic carbocycles. The van der Waals surface area contributed by atoms with Crippen molar-refractivity contribution in [3.63, 3.8) is 0 Å². The van der Waals surface area contributed by atoms with Crippen LogP contribution in [-0.4, -0.2) is 6.10 Å². The van der Waals surface area contributed by atoms with Crippen LogP contribution in [-0.2, 0) is 4.74 Å². The van der Waals surface area contributed by atoms with Gasteiger partial charge in [0.25, 0.3) is 0 Å². The van der Waals surface area contributed by atoms with Gasteiger partial charge in [-0.25, -0.2) is 0 Å². The van der Waals surface area contributed by atoms with Gasteiger partial charge in [0.15, 0.2) is 0 Å². The minimum Gasteiger partial charge on any atom is -0.368 e. The minimum absolute atomic E-state index is 0.272. The van der Waals surface area contributed by atoms with E-state index >= 15 is 0 Å². The van der Waals surface area contributed by atoms with E-state index in [4.69, 9.17) is 4.74 Å². The van der Waals surface area contributed by atoms with E-state index in [0.29, 0.717) is 12.0 Å². The molecule has 0 bridgehead atoms. The Kier molecular flexibility index (Phi) is 3.10. The molecule has 1 aromatic heterocycles. The second-order valence-electron chi connectivity index (χ2n) is 5.57. The van der Waals surface area contributed by atoms with Gasteiger partial charge in [0, 0.05) is 10.8 Å². The van der Waals surface area contributed by atoms with Gasteiger partial charge in [-0.05, 0) is 43.0 Å². The summed E-state index contributed by atoms with van der Waals surface area (Å²) in [6, 6.07) is 4.30. The van der Waals surface area contributed by atoms with Gasteiger partial charge in [-0.15, -0.1) is 11.3 Å². The third kappa shape index (κ3) is 2.21. The number of rotatable bonds is 1. The van der Waals surface area contributed by atoms with Crippen LogP contribution in [0, 0.1) is 11.8 Å². The van der Waals surface area contributed by atoms with Gasteiger partial charge in [0.1, 0.15) is 0 Å². The van der Waals surface area contributed by atoms with Crippen molar-refractivity contribution in [1.29, 1.82) is 0 Å². The smallest absolute Gasteiger partial charge is 0.0957 e. The lowest BCUT2D eigenvalue weighted by Gasteiger charge is -2.42. The molecular formula is C15H20OS. The van der Waals surface area contributed by atoms with E-state index in [-0.39, 0.29) is 6.10 Å². The molecule has 1 aliphatic carbocycles. The molecule has 17 heavy (non-hydrogen) atoms. The summed E-state index contributed by atoms with van der Waals surface area (Å²) in [5.74, 6) is 1.44. The first-order valence-corrected chi connectivity index (χ1v) is 7.48. The molecule has 0 radical (unpaired) electrons. The first kappa shape index (κ1) is 11.5. The van der Waals surface area contributed by atoms with Gasteiger partial charge >= 0.3 is 0 Å². The summed E-state index contributed by atoms with van der Waals surface area (Å²) in [5.41, 5.74) is 1.42. The number of hydrogen-bond donors (Lipinski definition) is 0. The average Bonchev–Trinajstić information content (AvgIpc) is 2.81. The zero-order chi connectivity index (χ0) is 11.8. The zero-order valence-electron chi connectivity index (χ0n) is 10.4. The molecule has 1 aliphatic heterocycles. The molecule has 0 N–H and O–H groups in total. The van der Waals surface area contributed by atoms with E-state index in [1.54, 1.807) is 11.3 Å². The quantitative estimate of drug-likeness (QED) is 0.661. The van der Waals surface area contributed by atoms with E-state index in [1.807, 2.05) is 0 Å². The minimum atomic E-state index is 0.272. The molecule has 1 saturated heterocycles. The first-order chi connectivity index (χ1) is 8.24. The summed E-state index contributed by atoms with van der Waals surface area (Å²) in [7, 11) is 0. The standard InChI is InChI=1S/C15H20OS/c1-10-5-6-12-11(2)9-14(16-13(12)8-10)15-4-3-7-17-15/h3-4,7,10,12-14H,2,5-6,8-9H2,1H3/t10-,12+,13-,14-/m1/s1. The molecule has 3 rings (SSSR count). The van der Waals surface area contributed by atoms with Crippen LogP contribution in [0.5, 0.6) is 0 Å². The third-order valence-electron chi connectivity index (χ3n) is 4.23. The maximum absolute atomic E-state index is 6.33. The molecule has 0 spiro atoms. The van der Waals surface area contributed by atoms with Crippen LogP contribution in [0.15, 0.2) is 29.7 Å². The maximum atomic E-state index is 6.33. The third-order valence-corrected chi connectivity index (χ3v) is 5.19. The van der Waals surface area contributed by atoms with Crippen LogP contribution in [0.3, 0.4) is 0 Å². The number of fused-ring (bicyclic) bond motifs is 1. The molecule has 1 saturated carbocycles. The lowest BCUT2D eigenvalue weighted by molar-refractivity contribution is -0.0843. The monoisotopic (exact) mass is 248 g/mol.